The number of benzene rings is 3. The third-order valence-corrected chi connectivity index (χ3v) is 8.82. The lowest BCUT2D eigenvalue weighted by atomic mass is 9.86. The van der Waals surface area contributed by atoms with Gasteiger partial charge >= 0.3 is 0 Å². The predicted molar refractivity (Wildman–Crippen MR) is 174 cm³/mol. The van der Waals surface area contributed by atoms with Gasteiger partial charge in [-0.2, -0.15) is 0 Å². The van der Waals surface area contributed by atoms with Crippen LogP contribution in [-0.4, -0.2) is 58.2 Å². The number of aromatic nitrogens is 1. The van der Waals surface area contributed by atoms with Crippen LogP contribution in [0.15, 0.2) is 72.8 Å². The number of nitrogens with two attached hydrogens (primary N) is 1. The second-order valence-corrected chi connectivity index (χ2v) is 12.0. The molecular weight excluding hydrogens is 618 g/mol. The molecule has 0 radical (unpaired) electrons. The van der Waals surface area contributed by atoms with E-state index in [0.29, 0.717) is 66.0 Å². The average molecular weight is 654 g/mol. The first kappa shape index (κ1) is 32.5. The van der Waals surface area contributed by atoms with Gasteiger partial charge in [0.15, 0.2) is 0 Å². The second kappa shape index (κ2) is 14.0. The highest BCUT2D eigenvalue weighted by Gasteiger charge is 2.41. The summed E-state index contributed by atoms with van der Waals surface area (Å²) in [6, 6.07) is 20.8. The molecule has 1 aliphatic rings. The molecule has 4 N–H and O–H groups in total. The minimum absolute atomic E-state index is 0.0510. The normalized spacial score (nSPS) is 14.4. The van der Waals surface area contributed by atoms with E-state index in [-0.39, 0.29) is 24.9 Å². The third kappa shape index (κ3) is 7.17. The van der Waals surface area contributed by atoms with Gasteiger partial charge in [0.05, 0.1) is 12.3 Å². The number of aliphatic hydroxyl groups excluding tert-OH is 1. The van der Waals surface area contributed by atoms with Gasteiger partial charge in [0, 0.05) is 60.9 Å². The molecule has 2 amide bonds. The Morgan fingerprint density at radius 2 is 1.76 bits per heavy atom. The first-order chi connectivity index (χ1) is 21.6. The van der Waals surface area contributed by atoms with Crippen LogP contribution in [0.3, 0.4) is 0 Å². The highest BCUT2D eigenvalue weighted by Crippen LogP contribution is 2.40. The molecule has 4 aromatic rings. The molecule has 2 heterocycles. The topological polar surface area (TPSA) is 110 Å². The lowest BCUT2D eigenvalue weighted by molar-refractivity contribution is -0.126. The Hall–Kier alpha value is -3.89. The molecule has 8 nitrogen and oxygen atoms in total. The van der Waals surface area contributed by atoms with Gasteiger partial charge in [-0.1, -0.05) is 41.4 Å². The largest absolute Gasteiger partial charge is 0.494 e. The fourth-order valence-electron chi connectivity index (χ4n) is 5.72. The van der Waals surface area contributed by atoms with E-state index in [4.69, 9.17) is 38.8 Å². The third-order valence-electron chi connectivity index (χ3n) is 8.27. The highest BCUT2D eigenvalue weighted by molar-refractivity contribution is 6.36. The minimum atomic E-state index is -1.02. The van der Waals surface area contributed by atoms with Crippen molar-refractivity contribution in [2.75, 3.05) is 26.3 Å². The van der Waals surface area contributed by atoms with Crippen molar-refractivity contribution in [1.82, 2.24) is 14.8 Å². The van der Waals surface area contributed by atoms with Crippen molar-refractivity contribution in [3.05, 3.63) is 99.9 Å². The minimum Gasteiger partial charge on any atom is -0.494 e. The van der Waals surface area contributed by atoms with Gasteiger partial charge in [0.1, 0.15) is 22.8 Å². The SMILES string of the molecule is Cn1c(C(=O)N2CCC(NCc3cccc(F)c3)(C(N)=O)CC2)cc(-c2ccc(Cl)cc2Cl)c1-c1ccc(OCCCO)cc1. The number of rotatable bonds is 11. The lowest BCUT2D eigenvalue weighted by Crippen LogP contribution is -2.61. The number of nitrogens with zero attached hydrogens (tertiary/aromatic N) is 2. The Balaban J connectivity index is 1.41. The van der Waals surface area contributed by atoms with Crippen LogP contribution in [0, 0.1) is 5.82 Å². The fourth-order valence-corrected chi connectivity index (χ4v) is 6.23. The quantitative estimate of drug-likeness (QED) is 0.177. The van der Waals surface area contributed by atoms with Crippen molar-refractivity contribution in [2.24, 2.45) is 12.8 Å². The van der Waals surface area contributed by atoms with Crippen molar-refractivity contribution in [3.8, 4) is 28.1 Å². The van der Waals surface area contributed by atoms with E-state index >= 15 is 0 Å². The summed E-state index contributed by atoms with van der Waals surface area (Å²) in [5.74, 6) is -0.384. The van der Waals surface area contributed by atoms with Crippen LogP contribution in [-0.2, 0) is 18.4 Å². The molecule has 0 atom stereocenters. The number of ether oxygens (including phenoxy) is 1. The Kier molecular flexibility index (Phi) is 10.1. The van der Waals surface area contributed by atoms with Crippen molar-refractivity contribution in [2.45, 2.75) is 31.3 Å². The van der Waals surface area contributed by atoms with Crippen LogP contribution >= 0.6 is 23.2 Å². The summed E-state index contributed by atoms with van der Waals surface area (Å²) in [5, 5.41) is 13.2. The summed E-state index contributed by atoms with van der Waals surface area (Å²) >= 11 is 12.8. The van der Waals surface area contributed by atoms with E-state index < -0.39 is 11.4 Å². The van der Waals surface area contributed by atoms with E-state index in [0.717, 1.165) is 22.4 Å². The molecule has 45 heavy (non-hydrogen) atoms. The van der Waals surface area contributed by atoms with E-state index in [1.165, 1.54) is 12.1 Å². The molecule has 3 aromatic carbocycles. The number of hydrogen-bond acceptors (Lipinski definition) is 5. The van der Waals surface area contributed by atoms with Crippen LogP contribution < -0.4 is 15.8 Å². The molecular formula is C34H35Cl2FN4O4. The Labute approximate surface area is 271 Å². The van der Waals surface area contributed by atoms with Gasteiger partial charge in [0.25, 0.3) is 5.91 Å². The van der Waals surface area contributed by atoms with E-state index in [1.807, 2.05) is 48.0 Å². The number of hydrogen-bond donors (Lipinski definition) is 3. The van der Waals surface area contributed by atoms with Gasteiger partial charge in [-0.15, -0.1) is 0 Å². The fraction of sp³-hybridized carbons (Fsp3) is 0.294. The number of halogens is 3. The summed E-state index contributed by atoms with van der Waals surface area (Å²) in [5.41, 5.74) is 9.09. The predicted octanol–water partition coefficient (Wildman–Crippen LogP) is 5.82. The zero-order valence-corrected chi connectivity index (χ0v) is 26.4. The van der Waals surface area contributed by atoms with Crippen molar-refractivity contribution in [3.63, 3.8) is 0 Å². The first-order valence-corrected chi connectivity index (χ1v) is 15.5. The van der Waals surface area contributed by atoms with Crippen molar-refractivity contribution < 1.29 is 23.8 Å². The lowest BCUT2D eigenvalue weighted by Gasteiger charge is -2.40. The summed E-state index contributed by atoms with van der Waals surface area (Å²) in [4.78, 5) is 28.4. The zero-order chi connectivity index (χ0) is 32.1. The van der Waals surface area contributed by atoms with Crippen LogP contribution in [0.1, 0.15) is 35.3 Å². The Morgan fingerprint density at radius 1 is 1.02 bits per heavy atom. The second-order valence-electron chi connectivity index (χ2n) is 11.1. The van der Waals surface area contributed by atoms with Crippen molar-refractivity contribution in [1.29, 1.82) is 0 Å². The van der Waals surface area contributed by atoms with Gasteiger partial charge in [-0.25, -0.2) is 4.39 Å². The van der Waals surface area contributed by atoms with Crippen LogP contribution in [0.2, 0.25) is 10.0 Å². The average Bonchev–Trinajstić information content (AvgIpc) is 3.36. The van der Waals surface area contributed by atoms with E-state index in [2.05, 4.69) is 5.32 Å². The summed E-state index contributed by atoms with van der Waals surface area (Å²) in [7, 11) is 1.83. The summed E-state index contributed by atoms with van der Waals surface area (Å²) < 4.78 is 21.2. The smallest absolute Gasteiger partial charge is 0.270 e. The van der Waals surface area contributed by atoms with Crippen LogP contribution in [0.25, 0.3) is 22.4 Å². The molecule has 0 aliphatic carbocycles. The zero-order valence-electron chi connectivity index (χ0n) is 24.9. The van der Waals surface area contributed by atoms with Gasteiger partial charge in [-0.05, 0) is 78.6 Å². The standard InChI is InChI=1S/C34H35Cl2FN4O4/c1-40-30(32(43)41-14-12-34(13-15-41,33(38)44)39-21-22-4-2-5-25(37)18-22)20-28(27-11-8-24(35)19-29(27)36)31(40)23-6-9-26(10-7-23)45-17-3-16-42/h2,4-11,18-20,39,42H,3,12-17,21H2,1H3,(H2,38,44). The molecule has 1 aromatic heterocycles. The first-order valence-electron chi connectivity index (χ1n) is 14.7. The summed E-state index contributed by atoms with van der Waals surface area (Å²) in [6.45, 7) is 1.32. The molecule has 0 unspecified atom stereocenters. The number of primary amides is 1. The maximum atomic E-state index is 14.0. The van der Waals surface area contributed by atoms with Crippen LogP contribution in [0.5, 0.6) is 5.75 Å². The highest BCUT2D eigenvalue weighted by atomic mass is 35.5. The van der Waals surface area contributed by atoms with E-state index in [1.54, 1.807) is 29.2 Å². The molecule has 1 fully saturated rings. The Bertz CT molecular complexity index is 1680. The van der Waals surface area contributed by atoms with Gasteiger partial charge in [0.2, 0.25) is 5.91 Å². The van der Waals surface area contributed by atoms with Crippen LogP contribution in [0.4, 0.5) is 4.39 Å². The molecule has 0 saturated carbocycles. The van der Waals surface area contributed by atoms with Crippen molar-refractivity contribution >= 4 is 35.0 Å². The Morgan fingerprint density at radius 3 is 2.40 bits per heavy atom. The molecule has 0 bridgehead atoms. The number of piperidine rings is 1. The van der Waals surface area contributed by atoms with Gasteiger partial charge in [-0.3, -0.25) is 14.9 Å². The van der Waals surface area contributed by atoms with Gasteiger partial charge < -0.3 is 25.0 Å². The number of carbonyl (C=O) groups excluding carboxylic acids is 2. The maximum absolute atomic E-state index is 14.0. The molecule has 1 saturated heterocycles. The molecule has 1 aliphatic heterocycles. The number of amides is 2. The molecule has 0 spiro atoms. The monoisotopic (exact) mass is 652 g/mol. The molecule has 5 rings (SSSR count). The number of carbonyl (C=O) groups is 2. The van der Waals surface area contributed by atoms with E-state index in [9.17, 15) is 14.0 Å². The summed E-state index contributed by atoms with van der Waals surface area (Å²) in [6.07, 6.45) is 1.16. The number of likely N-dealkylation sites (tertiary alicyclic amines) is 1. The number of nitrogens with one attached hydrogen (secondary N) is 1. The molecule has 11 heteroatoms. The number of aliphatic hydroxyl groups is 1. The maximum Gasteiger partial charge on any atom is 0.270 e. The molecule has 236 valence electrons.